The van der Waals surface area contributed by atoms with Crippen LogP contribution in [0.3, 0.4) is 0 Å². The summed E-state index contributed by atoms with van der Waals surface area (Å²) in [5.74, 6) is 1.37. The van der Waals surface area contributed by atoms with Gasteiger partial charge in [0.05, 0.1) is 12.0 Å². The van der Waals surface area contributed by atoms with Gasteiger partial charge in [0, 0.05) is 30.3 Å². The van der Waals surface area contributed by atoms with Gasteiger partial charge in [-0.1, -0.05) is 19.1 Å². The zero-order valence-electron chi connectivity index (χ0n) is 19.8. The Kier molecular flexibility index (Phi) is 7.76. The number of carbonyl (C=O) groups excluding carboxylic acids is 1. The van der Waals surface area contributed by atoms with E-state index in [1.807, 2.05) is 31.2 Å². The molecule has 2 aromatic carbocycles. The predicted molar refractivity (Wildman–Crippen MR) is 133 cm³/mol. The van der Waals surface area contributed by atoms with E-state index in [0.29, 0.717) is 29.3 Å². The van der Waals surface area contributed by atoms with Crippen molar-refractivity contribution in [3.05, 3.63) is 60.7 Å². The summed E-state index contributed by atoms with van der Waals surface area (Å²) in [4.78, 5) is 11.8. The van der Waals surface area contributed by atoms with Gasteiger partial charge in [0.25, 0.3) is 0 Å². The van der Waals surface area contributed by atoms with Crippen molar-refractivity contribution >= 4 is 27.3 Å². The highest BCUT2D eigenvalue weighted by Crippen LogP contribution is 2.23. The monoisotopic (exact) mass is 510 g/mol. The maximum Gasteiger partial charge on any atom is 0.240 e. The summed E-state index contributed by atoms with van der Waals surface area (Å²) in [6, 6.07) is 16.7. The van der Waals surface area contributed by atoms with Gasteiger partial charge in [-0.05, 0) is 48.9 Å². The number of ether oxygens (including phenoxy) is 2. The molecule has 4 aromatic rings. The number of nitrogens with zero attached hydrogens (tertiary/aromatic N) is 4. The van der Waals surface area contributed by atoms with Crippen molar-refractivity contribution in [1.29, 1.82) is 0 Å². The molecule has 2 aromatic heterocycles. The highest BCUT2D eigenvalue weighted by Gasteiger charge is 2.15. The molecule has 4 rings (SSSR count). The van der Waals surface area contributed by atoms with Crippen molar-refractivity contribution in [2.75, 3.05) is 25.6 Å². The van der Waals surface area contributed by atoms with Crippen LogP contribution in [0, 0.1) is 0 Å². The molecule has 2 heterocycles. The summed E-state index contributed by atoms with van der Waals surface area (Å²) >= 11 is 0. The second kappa shape index (κ2) is 11.1. The van der Waals surface area contributed by atoms with Crippen molar-refractivity contribution < 1.29 is 22.7 Å². The number of amides is 1. The number of rotatable bonds is 11. The van der Waals surface area contributed by atoms with Crippen LogP contribution < -0.4 is 19.5 Å². The van der Waals surface area contributed by atoms with Crippen molar-refractivity contribution in [3.8, 4) is 23.0 Å². The quantitative estimate of drug-likeness (QED) is 0.294. The Morgan fingerprint density at radius 1 is 1.06 bits per heavy atom. The molecule has 0 spiro atoms. The number of benzene rings is 2. The molecular formula is C24H26N6O5S. The third kappa shape index (κ3) is 5.96. The zero-order chi connectivity index (χ0) is 25.5. The van der Waals surface area contributed by atoms with Gasteiger partial charge in [-0.15, -0.1) is 15.3 Å². The third-order valence-electron chi connectivity index (χ3n) is 5.14. The van der Waals surface area contributed by atoms with Gasteiger partial charge < -0.3 is 14.8 Å². The van der Waals surface area contributed by atoms with Crippen molar-refractivity contribution in [1.82, 2.24) is 24.5 Å². The van der Waals surface area contributed by atoms with Gasteiger partial charge in [-0.25, -0.2) is 13.1 Å². The minimum atomic E-state index is -3.75. The van der Waals surface area contributed by atoms with E-state index in [1.165, 1.54) is 12.1 Å². The number of hydrogen-bond donors (Lipinski definition) is 2. The normalized spacial score (nSPS) is 11.4. The van der Waals surface area contributed by atoms with Crippen LogP contribution in [0.5, 0.6) is 11.6 Å². The molecule has 0 atom stereocenters. The van der Waals surface area contributed by atoms with Crippen molar-refractivity contribution in [2.45, 2.75) is 24.7 Å². The number of aromatic nitrogens is 4. The number of fused-ring (bicyclic) bond motifs is 1. The molecular weight excluding hydrogens is 484 g/mol. The van der Waals surface area contributed by atoms with Gasteiger partial charge in [0.2, 0.25) is 21.8 Å². The standard InChI is InChI=1S/C24H26N6O5S/c1-3-5-22(31)26-18-8-10-20(11-9-18)36(32,33)25-14-15-35-23-13-12-21-27-28-24(30(21)29-23)17-6-4-7-19(16-17)34-2/h4,6-13,16,25H,3,5,14-15H2,1-2H3,(H,26,31). The molecule has 0 aliphatic heterocycles. The summed E-state index contributed by atoms with van der Waals surface area (Å²) in [6.07, 6.45) is 1.14. The van der Waals surface area contributed by atoms with E-state index < -0.39 is 10.0 Å². The van der Waals surface area contributed by atoms with Gasteiger partial charge in [0.1, 0.15) is 12.4 Å². The summed E-state index contributed by atoms with van der Waals surface area (Å²) in [5.41, 5.74) is 1.85. The lowest BCUT2D eigenvalue weighted by Crippen LogP contribution is -2.28. The van der Waals surface area contributed by atoms with E-state index in [2.05, 4.69) is 25.3 Å². The number of sulfonamides is 1. The number of nitrogens with one attached hydrogen (secondary N) is 2. The Bertz CT molecular complexity index is 1450. The molecule has 2 N–H and O–H groups in total. The molecule has 1 amide bonds. The third-order valence-corrected chi connectivity index (χ3v) is 6.61. The summed E-state index contributed by atoms with van der Waals surface area (Å²) in [6.45, 7) is 2.00. The SMILES string of the molecule is CCCC(=O)Nc1ccc(S(=O)(=O)NCCOc2ccc3nnc(-c4cccc(OC)c4)n3n2)cc1. The lowest BCUT2D eigenvalue weighted by Gasteiger charge is -2.09. The summed E-state index contributed by atoms with van der Waals surface area (Å²) in [5, 5.41) is 15.5. The Morgan fingerprint density at radius 3 is 2.61 bits per heavy atom. The molecule has 11 nitrogen and oxygen atoms in total. The molecule has 0 unspecified atom stereocenters. The summed E-state index contributed by atoms with van der Waals surface area (Å²) < 4.78 is 40.1. The first kappa shape index (κ1) is 25.1. The molecule has 0 radical (unpaired) electrons. The van der Waals surface area contributed by atoms with E-state index in [9.17, 15) is 13.2 Å². The van der Waals surface area contributed by atoms with Crippen LogP contribution in [-0.2, 0) is 14.8 Å². The van der Waals surface area contributed by atoms with Crippen LogP contribution in [-0.4, -0.2) is 54.4 Å². The first-order chi connectivity index (χ1) is 17.4. The van der Waals surface area contributed by atoms with E-state index in [0.717, 1.165) is 12.0 Å². The Labute approximate surface area is 208 Å². The zero-order valence-corrected chi connectivity index (χ0v) is 20.7. The predicted octanol–water partition coefficient (Wildman–Crippen LogP) is 2.90. The molecule has 0 aliphatic rings. The molecule has 0 aliphatic carbocycles. The smallest absolute Gasteiger partial charge is 0.240 e. The minimum absolute atomic E-state index is 0.0297. The van der Waals surface area contributed by atoms with Gasteiger partial charge >= 0.3 is 0 Å². The highest BCUT2D eigenvalue weighted by molar-refractivity contribution is 7.89. The largest absolute Gasteiger partial charge is 0.497 e. The molecule has 0 saturated heterocycles. The van der Waals surface area contributed by atoms with Crippen molar-refractivity contribution in [3.63, 3.8) is 0 Å². The lowest BCUT2D eigenvalue weighted by molar-refractivity contribution is -0.116. The topological polar surface area (TPSA) is 137 Å². The van der Waals surface area contributed by atoms with Gasteiger partial charge in [-0.3, -0.25) is 4.79 Å². The van der Waals surface area contributed by atoms with Crippen LogP contribution in [0.2, 0.25) is 0 Å². The Hall–Kier alpha value is -4.03. The number of carbonyl (C=O) groups is 1. The number of methoxy groups -OCH3 is 1. The van der Waals surface area contributed by atoms with Crippen LogP contribution in [0.1, 0.15) is 19.8 Å². The van der Waals surface area contributed by atoms with Crippen LogP contribution in [0.4, 0.5) is 5.69 Å². The van der Waals surface area contributed by atoms with Gasteiger partial charge in [0.15, 0.2) is 11.5 Å². The second-order valence-corrected chi connectivity index (χ2v) is 9.53. The molecule has 12 heteroatoms. The fourth-order valence-corrected chi connectivity index (χ4v) is 4.39. The number of anilines is 1. The maximum absolute atomic E-state index is 12.6. The van der Waals surface area contributed by atoms with Crippen LogP contribution >= 0.6 is 0 Å². The summed E-state index contributed by atoms with van der Waals surface area (Å²) in [7, 11) is -2.16. The molecule has 188 valence electrons. The average molecular weight is 511 g/mol. The molecule has 0 fully saturated rings. The van der Waals surface area contributed by atoms with E-state index >= 15 is 0 Å². The fourth-order valence-electron chi connectivity index (χ4n) is 3.37. The average Bonchev–Trinajstić information content (AvgIpc) is 3.30. The Morgan fingerprint density at radius 2 is 1.86 bits per heavy atom. The highest BCUT2D eigenvalue weighted by atomic mass is 32.2. The molecule has 0 bridgehead atoms. The first-order valence-electron chi connectivity index (χ1n) is 11.3. The maximum atomic E-state index is 12.6. The van der Waals surface area contributed by atoms with E-state index in [1.54, 1.807) is 35.9 Å². The van der Waals surface area contributed by atoms with Crippen LogP contribution in [0.25, 0.3) is 17.0 Å². The Balaban J connectivity index is 1.36. The van der Waals surface area contributed by atoms with E-state index in [-0.39, 0.29) is 29.8 Å². The van der Waals surface area contributed by atoms with Gasteiger partial charge in [-0.2, -0.15) is 4.52 Å². The van der Waals surface area contributed by atoms with Crippen LogP contribution in [0.15, 0.2) is 65.6 Å². The molecule has 0 saturated carbocycles. The van der Waals surface area contributed by atoms with E-state index in [4.69, 9.17) is 9.47 Å². The lowest BCUT2D eigenvalue weighted by atomic mass is 10.2. The minimum Gasteiger partial charge on any atom is -0.497 e. The van der Waals surface area contributed by atoms with Crippen molar-refractivity contribution in [2.24, 2.45) is 0 Å². The first-order valence-corrected chi connectivity index (χ1v) is 12.8. The fraction of sp³-hybridized carbons (Fsp3) is 0.250. The number of hydrogen-bond acceptors (Lipinski definition) is 8. The molecule has 36 heavy (non-hydrogen) atoms. The second-order valence-electron chi connectivity index (χ2n) is 7.77.